The molecule has 0 aliphatic heterocycles. The second-order valence-electron chi connectivity index (χ2n) is 6.31. The molecule has 0 atom stereocenters. The zero-order valence-corrected chi connectivity index (χ0v) is 12.8. The van der Waals surface area contributed by atoms with Crippen LogP contribution < -0.4 is 10.6 Å². The average molecular weight is 274 g/mol. The lowest BCUT2D eigenvalue weighted by molar-refractivity contribution is 0.0943. The molecule has 20 heavy (non-hydrogen) atoms. The Hall–Kier alpha value is -1.51. The molecule has 3 heteroatoms. The first-order valence-corrected chi connectivity index (χ1v) is 7.72. The van der Waals surface area contributed by atoms with Crippen molar-refractivity contribution in [1.29, 1.82) is 0 Å². The highest BCUT2D eigenvalue weighted by atomic mass is 16.1. The molecule has 0 spiro atoms. The monoisotopic (exact) mass is 274 g/mol. The number of nitrogens with one attached hydrogen (secondary N) is 2. The Labute approximate surface area is 122 Å². The number of hydrogen-bond acceptors (Lipinski definition) is 2. The van der Waals surface area contributed by atoms with Crippen molar-refractivity contribution in [3.05, 3.63) is 29.8 Å². The van der Waals surface area contributed by atoms with Gasteiger partial charge in [0.15, 0.2) is 0 Å². The quantitative estimate of drug-likeness (QED) is 0.876. The number of carbonyl (C=O) groups excluding carboxylic acids is 1. The molecule has 1 fully saturated rings. The lowest BCUT2D eigenvalue weighted by atomic mass is 9.87. The highest BCUT2D eigenvalue weighted by Crippen LogP contribution is 2.26. The summed E-state index contributed by atoms with van der Waals surface area (Å²) < 4.78 is 0. The van der Waals surface area contributed by atoms with Gasteiger partial charge >= 0.3 is 0 Å². The first-order valence-electron chi connectivity index (χ1n) is 7.72. The molecule has 0 aromatic heterocycles. The fourth-order valence-corrected chi connectivity index (χ4v) is 2.70. The van der Waals surface area contributed by atoms with Crippen LogP contribution in [-0.2, 0) is 0 Å². The summed E-state index contributed by atoms with van der Waals surface area (Å²) in [6, 6.07) is 8.56. The Morgan fingerprint density at radius 2 is 1.70 bits per heavy atom. The topological polar surface area (TPSA) is 41.1 Å². The minimum atomic E-state index is -0.00181. The highest BCUT2D eigenvalue weighted by molar-refractivity contribution is 5.94. The van der Waals surface area contributed by atoms with E-state index in [1.807, 2.05) is 38.1 Å². The van der Waals surface area contributed by atoms with E-state index in [9.17, 15) is 4.79 Å². The molecule has 0 saturated heterocycles. The molecule has 0 unspecified atom stereocenters. The molecule has 1 amide bonds. The van der Waals surface area contributed by atoms with Crippen molar-refractivity contribution in [1.82, 2.24) is 5.32 Å². The van der Waals surface area contributed by atoms with Crippen molar-refractivity contribution in [2.75, 3.05) is 5.32 Å². The minimum Gasteiger partial charge on any atom is -0.382 e. The van der Waals surface area contributed by atoms with Gasteiger partial charge in [-0.05, 0) is 69.7 Å². The van der Waals surface area contributed by atoms with Crippen molar-refractivity contribution >= 4 is 11.6 Å². The van der Waals surface area contributed by atoms with E-state index in [1.165, 1.54) is 25.7 Å². The molecule has 1 saturated carbocycles. The summed E-state index contributed by atoms with van der Waals surface area (Å²) >= 11 is 0. The van der Waals surface area contributed by atoms with E-state index in [0.29, 0.717) is 6.04 Å². The third-order valence-electron chi connectivity index (χ3n) is 3.95. The third-order valence-corrected chi connectivity index (χ3v) is 3.95. The standard InChI is InChI=1S/C17H26N2O/c1-12(2)18-17(20)14-6-10-16(11-7-14)19-15-8-4-13(3)5-9-15/h6-7,10-13,15,19H,4-5,8-9H2,1-3H3,(H,18,20). The van der Waals surface area contributed by atoms with Gasteiger partial charge in [-0.15, -0.1) is 0 Å². The SMILES string of the molecule is CC1CCC(Nc2ccc(C(=O)NC(C)C)cc2)CC1. The van der Waals surface area contributed by atoms with Crippen molar-refractivity contribution in [2.45, 2.75) is 58.5 Å². The van der Waals surface area contributed by atoms with Crippen LogP contribution in [0.3, 0.4) is 0 Å². The Morgan fingerprint density at radius 1 is 1.10 bits per heavy atom. The Bertz CT molecular complexity index is 431. The normalized spacial score (nSPS) is 22.6. The van der Waals surface area contributed by atoms with Gasteiger partial charge in [0.1, 0.15) is 0 Å². The number of rotatable bonds is 4. The molecule has 1 aromatic rings. The Morgan fingerprint density at radius 3 is 2.25 bits per heavy atom. The van der Waals surface area contributed by atoms with E-state index in [-0.39, 0.29) is 11.9 Å². The van der Waals surface area contributed by atoms with Gasteiger partial charge in [-0.3, -0.25) is 4.79 Å². The van der Waals surface area contributed by atoms with E-state index < -0.39 is 0 Å². The summed E-state index contributed by atoms with van der Waals surface area (Å²) in [6.07, 6.45) is 5.12. The summed E-state index contributed by atoms with van der Waals surface area (Å²) in [5, 5.41) is 6.48. The fraction of sp³-hybridized carbons (Fsp3) is 0.588. The van der Waals surface area contributed by atoms with Gasteiger partial charge in [-0.1, -0.05) is 6.92 Å². The molecular weight excluding hydrogens is 248 g/mol. The first-order chi connectivity index (χ1) is 9.54. The molecule has 3 nitrogen and oxygen atoms in total. The van der Waals surface area contributed by atoms with Gasteiger partial charge in [0.25, 0.3) is 5.91 Å². The maximum atomic E-state index is 11.9. The Balaban J connectivity index is 1.90. The van der Waals surface area contributed by atoms with Gasteiger partial charge in [0.05, 0.1) is 0 Å². The molecule has 2 N–H and O–H groups in total. The number of benzene rings is 1. The predicted molar refractivity (Wildman–Crippen MR) is 84.1 cm³/mol. The summed E-state index contributed by atoms with van der Waals surface area (Å²) in [5.74, 6) is 0.869. The fourth-order valence-electron chi connectivity index (χ4n) is 2.70. The summed E-state index contributed by atoms with van der Waals surface area (Å²) in [4.78, 5) is 11.9. The van der Waals surface area contributed by atoms with Gasteiger partial charge in [0, 0.05) is 23.3 Å². The van der Waals surface area contributed by atoms with Crippen molar-refractivity contribution in [3.8, 4) is 0 Å². The van der Waals surface area contributed by atoms with Gasteiger partial charge in [-0.25, -0.2) is 0 Å². The lowest BCUT2D eigenvalue weighted by Crippen LogP contribution is -2.30. The summed E-state index contributed by atoms with van der Waals surface area (Å²) in [7, 11) is 0. The average Bonchev–Trinajstić information content (AvgIpc) is 2.41. The number of anilines is 1. The number of carbonyl (C=O) groups is 1. The van der Waals surface area contributed by atoms with E-state index >= 15 is 0 Å². The van der Waals surface area contributed by atoms with Crippen LogP contribution in [0.5, 0.6) is 0 Å². The number of hydrogen-bond donors (Lipinski definition) is 2. The summed E-state index contributed by atoms with van der Waals surface area (Å²) in [6.45, 7) is 6.27. The smallest absolute Gasteiger partial charge is 0.251 e. The third kappa shape index (κ3) is 4.26. The molecule has 110 valence electrons. The second kappa shape index (κ2) is 6.78. The minimum absolute atomic E-state index is 0.00181. The lowest BCUT2D eigenvalue weighted by Gasteiger charge is -2.27. The zero-order chi connectivity index (χ0) is 14.5. The molecule has 0 radical (unpaired) electrons. The van der Waals surface area contributed by atoms with Gasteiger partial charge in [0.2, 0.25) is 0 Å². The van der Waals surface area contributed by atoms with E-state index in [1.54, 1.807) is 0 Å². The van der Waals surface area contributed by atoms with Crippen LogP contribution >= 0.6 is 0 Å². The van der Waals surface area contributed by atoms with Gasteiger partial charge in [-0.2, -0.15) is 0 Å². The van der Waals surface area contributed by atoms with Gasteiger partial charge < -0.3 is 10.6 Å². The molecule has 2 rings (SSSR count). The van der Waals surface area contributed by atoms with E-state index in [2.05, 4.69) is 17.6 Å². The maximum Gasteiger partial charge on any atom is 0.251 e. The van der Waals surface area contributed by atoms with Crippen LogP contribution in [-0.4, -0.2) is 18.0 Å². The van der Waals surface area contributed by atoms with Crippen molar-refractivity contribution < 1.29 is 4.79 Å². The van der Waals surface area contributed by atoms with Crippen LogP contribution in [0.15, 0.2) is 24.3 Å². The van der Waals surface area contributed by atoms with Crippen LogP contribution in [0.2, 0.25) is 0 Å². The zero-order valence-electron chi connectivity index (χ0n) is 12.8. The largest absolute Gasteiger partial charge is 0.382 e. The predicted octanol–water partition coefficient (Wildman–Crippen LogP) is 3.82. The van der Waals surface area contributed by atoms with Crippen LogP contribution in [0.4, 0.5) is 5.69 Å². The number of amides is 1. The first kappa shape index (κ1) is 14.9. The van der Waals surface area contributed by atoms with E-state index in [0.717, 1.165) is 17.2 Å². The van der Waals surface area contributed by atoms with E-state index in [4.69, 9.17) is 0 Å². The molecule has 1 aliphatic carbocycles. The molecule has 0 bridgehead atoms. The highest BCUT2D eigenvalue weighted by Gasteiger charge is 2.17. The van der Waals surface area contributed by atoms with Crippen molar-refractivity contribution in [3.63, 3.8) is 0 Å². The van der Waals surface area contributed by atoms with Crippen LogP contribution in [0, 0.1) is 5.92 Å². The molecule has 0 heterocycles. The molecular formula is C17H26N2O. The molecule has 1 aliphatic rings. The van der Waals surface area contributed by atoms with Crippen LogP contribution in [0.25, 0.3) is 0 Å². The second-order valence-corrected chi connectivity index (χ2v) is 6.31. The Kier molecular flexibility index (Phi) is 5.05. The van der Waals surface area contributed by atoms with Crippen molar-refractivity contribution in [2.24, 2.45) is 5.92 Å². The summed E-state index contributed by atoms with van der Waals surface area (Å²) in [5.41, 5.74) is 1.84. The van der Waals surface area contributed by atoms with Crippen LogP contribution in [0.1, 0.15) is 56.8 Å². The maximum absolute atomic E-state index is 11.9. The molecule has 1 aromatic carbocycles.